The number of ether oxygens (including phenoxy) is 2. The minimum Gasteiger partial charge on any atom is -0.493 e. The number of thioether (sulfide) groups is 1. The Balaban J connectivity index is 1.51. The summed E-state index contributed by atoms with van der Waals surface area (Å²) in [6, 6.07) is 6.11. The summed E-state index contributed by atoms with van der Waals surface area (Å²) in [6.45, 7) is 2.28. The molecule has 0 unspecified atom stereocenters. The number of carbonyl (C=O) groups is 1. The molecule has 2 aromatic rings. The number of hydrogen-bond acceptors (Lipinski definition) is 6. The van der Waals surface area contributed by atoms with Crippen LogP contribution in [0.4, 0.5) is 0 Å². The molecule has 0 saturated heterocycles. The molecule has 1 aromatic carbocycles. The van der Waals surface area contributed by atoms with Gasteiger partial charge in [0.15, 0.2) is 22.5 Å². The van der Waals surface area contributed by atoms with Gasteiger partial charge >= 0.3 is 0 Å². The van der Waals surface area contributed by atoms with Crippen molar-refractivity contribution in [2.75, 3.05) is 12.9 Å². The van der Waals surface area contributed by atoms with Gasteiger partial charge in [-0.15, -0.1) is 10.2 Å². The molecule has 3 rings (SSSR count). The monoisotopic (exact) mass is 404 g/mol. The molecule has 1 aliphatic carbocycles. The highest BCUT2D eigenvalue weighted by Gasteiger charge is 2.17. The second-order valence-electron chi connectivity index (χ2n) is 7.09. The van der Waals surface area contributed by atoms with Gasteiger partial charge < -0.3 is 19.4 Å². The topological polar surface area (TPSA) is 78.3 Å². The molecule has 1 heterocycles. The summed E-state index contributed by atoms with van der Waals surface area (Å²) in [7, 11) is 3.50. The molecule has 1 fully saturated rings. The highest BCUT2D eigenvalue weighted by molar-refractivity contribution is 7.99. The maximum Gasteiger partial charge on any atom is 0.230 e. The largest absolute Gasteiger partial charge is 0.493 e. The van der Waals surface area contributed by atoms with E-state index in [1.165, 1.54) is 31.0 Å². The van der Waals surface area contributed by atoms with Crippen LogP contribution in [0.1, 0.15) is 43.5 Å². The predicted molar refractivity (Wildman–Crippen MR) is 109 cm³/mol. The summed E-state index contributed by atoms with van der Waals surface area (Å²) in [5.74, 6) is 2.45. The standard InChI is InChI=1S/C20H28N4O3S/c1-14-9-10-16(17(11-14)26-3)27-12-18-22-23-20(24(18)2)28-13-19(25)21-15-7-5-4-6-8-15/h9-11,15H,4-8,12-13H2,1-3H3,(H,21,25). The van der Waals surface area contributed by atoms with E-state index in [0.717, 1.165) is 18.4 Å². The Kier molecular flexibility index (Phi) is 7.19. The first-order valence-corrected chi connectivity index (χ1v) is 10.6. The molecule has 0 atom stereocenters. The molecule has 8 heteroatoms. The molecule has 28 heavy (non-hydrogen) atoms. The van der Waals surface area contributed by atoms with Crippen molar-refractivity contribution in [1.82, 2.24) is 20.1 Å². The molecule has 152 valence electrons. The molecule has 1 aromatic heterocycles. The van der Waals surface area contributed by atoms with Gasteiger partial charge in [-0.25, -0.2) is 0 Å². The summed E-state index contributed by atoms with van der Waals surface area (Å²) < 4.78 is 13.1. The lowest BCUT2D eigenvalue weighted by molar-refractivity contribution is -0.119. The van der Waals surface area contributed by atoms with Gasteiger partial charge in [0.2, 0.25) is 5.91 Å². The van der Waals surface area contributed by atoms with Crippen LogP contribution in [0.2, 0.25) is 0 Å². The van der Waals surface area contributed by atoms with Crippen LogP contribution in [-0.2, 0) is 18.4 Å². The SMILES string of the molecule is COc1cc(C)ccc1OCc1nnc(SCC(=O)NC2CCCCC2)n1C. The second kappa shape index (κ2) is 9.82. The minimum atomic E-state index is 0.0575. The number of benzene rings is 1. The molecule has 1 saturated carbocycles. The molecule has 0 aliphatic heterocycles. The third-order valence-corrected chi connectivity index (χ3v) is 5.92. The van der Waals surface area contributed by atoms with Crippen molar-refractivity contribution < 1.29 is 14.3 Å². The van der Waals surface area contributed by atoms with E-state index in [-0.39, 0.29) is 12.5 Å². The molecule has 7 nitrogen and oxygen atoms in total. The Labute approximate surface area is 170 Å². The van der Waals surface area contributed by atoms with Crippen molar-refractivity contribution in [3.63, 3.8) is 0 Å². The molecular formula is C20H28N4O3S. The maximum atomic E-state index is 12.2. The number of nitrogens with one attached hydrogen (secondary N) is 1. The van der Waals surface area contributed by atoms with Crippen molar-refractivity contribution >= 4 is 17.7 Å². The lowest BCUT2D eigenvalue weighted by Crippen LogP contribution is -2.37. The number of hydrogen-bond donors (Lipinski definition) is 1. The third-order valence-electron chi connectivity index (χ3n) is 4.90. The van der Waals surface area contributed by atoms with E-state index in [9.17, 15) is 4.79 Å². The first-order valence-electron chi connectivity index (χ1n) is 9.64. The number of carbonyl (C=O) groups excluding carboxylic acids is 1. The first-order chi connectivity index (χ1) is 13.6. The predicted octanol–water partition coefficient (Wildman–Crippen LogP) is 3.25. The van der Waals surface area contributed by atoms with E-state index in [1.807, 2.05) is 36.7 Å². The summed E-state index contributed by atoms with van der Waals surface area (Å²) in [4.78, 5) is 12.2. The van der Waals surface area contributed by atoms with Crippen LogP contribution in [0.25, 0.3) is 0 Å². The molecule has 1 N–H and O–H groups in total. The van der Waals surface area contributed by atoms with Gasteiger partial charge in [0.05, 0.1) is 12.9 Å². The van der Waals surface area contributed by atoms with Gasteiger partial charge in [-0.3, -0.25) is 4.79 Å². The molecule has 1 amide bonds. The van der Waals surface area contributed by atoms with Crippen LogP contribution in [0.3, 0.4) is 0 Å². The van der Waals surface area contributed by atoms with Crippen LogP contribution in [0, 0.1) is 6.92 Å². The van der Waals surface area contributed by atoms with Crippen molar-refractivity contribution in [2.24, 2.45) is 7.05 Å². The van der Waals surface area contributed by atoms with E-state index in [1.54, 1.807) is 7.11 Å². The zero-order valence-electron chi connectivity index (χ0n) is 16.7. The van der Waals surface area contributed by atoms with E-state index in [2.05, 4.69) is 15.5 Å². The number of methoxy groups -OCH3 is 1. The summed E-state index contributed by atoms with van der Waals surface area (Å²) >= 11 is 1.39. The van der Waals surface area contributed by atoms with Crippen molar-refractivity contribution in [2.45, 2.75) is 56.8 Å². The molecule has 0 spiro atoms. The molecule has 0 bridgehead atoms. The van der Waals surface area contributed by atoms with E-state index < -0.39 is 0 Å². The summed E-state index contributed by atoms with van der Waals surface area (Å²) in [6.07, 6.45) is 5.86. The minimum absolute atomic E-state index is 0.0575. The van der Waals surface area contributed by atoms with Gasteiger partial charge in [-0.05, 0) is 37.5 Å². The molecular weight excluding hydrogens is 376 g/mol. The average Bonchev–Trinajstić information content (AvgIpc) is 3.05. The van der Waals surface area contributed by atoms with Crippen molar-refractivity contribution in [3.05, 3.63) is 29.6 Å². The smallest absolute Gasteiger partial charge is 0.230 e. The normalized spacial score (nSPS) is 14.7. The lowest BCUT2D eigenvalue weighted by atomic mass is 9.95. The van der Waals surface area contributed by atoms with Gasteiger partial charge in [0.1, 0.15) is 6.61 Å². The van der Waals surface area contributed by atoms with Crippen LogP contribution >= 0.6 is 11.8 Å². The number of aromatic nitrogens is 3. The van der Waals surface area contributed by atoms with Gasteiger partial charge in [-0.1, -0.05) is 37.1 Å². The highest BCUT2D eigenvalue weighted by Crippen LogP contribution is 2.28. The van der Waals surface area contributed by atoms with Crippen molar-refractivity contribution in [1.29, 1.82) is 0 Å². The third kappa shape index (κ3) is 5.41. The lowest BCUT2D eigenvalue weighted by Gasteiger charge is -2.22. The fourth-order valence-corrected chi connectivity index (χ4v) is 4.02. The maximum absolute atomic E-state index is 12.2. The zero-order chi connectivity index (χ0) is 19.9. The quantitative estimate of drug-likeness (QED) is 0.681. The zero-order valence-corrected chi connectivity index (χ0v) is 17.6. The first kappa shape index (κ1) is 20.5. The Hall–Kier alpha value is -2.22. The van der Waals surface area contributed by atoms with Crippen LogP contribution in [-0.4, -0.2) is 39.6 Å². The van der Waals surface area contributed by atoms with E-state index >= 15 is 0 Å². The Morgan fingerprint density at radius 1 is 1.25 bits per heavy atom. The van der Waals surface area contributed by atoms with Gasteiger partial charge in [0, 0.05) is 13.1 Å². The van der Waals surface area contributed by atoms with Gasteiger partial charge in [-0.2, -0.15) is 0 Å². The fourth-order valence-electron chi connectivity index (χ4n) is 3.28. The van der Waals surface area contributed by atoms with Crippen LogP contribution < -0.4 is 14.8 Å². The van der Waals surface area contributed by atoms with Crippen LogP contribution in [0.5, 0.6) is 11.5 Å². The highest BCUT2D eigenvalue weighted by atomic mass is 32.2. The molecule has 0 radical (unpaired) electrons. The van der Waals surface area contributed by atoms with Crippen LogP contribution in [0.15, 0.2) is 23.4 Å². The number of aryl methyl sites for hydroxylation is 1. The van der Waals surface area contributed by atoms with E-state index in [4.69, 9.17) is 9.47 Å². The number of rotatable bonds is 8. The molecule has 1 aliphatic rings. The second-order valence-corrected chi connectivity index (χ2v) is 8.03. The number of nitrogens with zero attached hydrogens (tertiary/aromatic N) is 3. The average molecular weight is 405 g/mol. The Morgan fingerprint density at radius 2 is 2.04 bits per heavy atom. The van der Waals surface area contributed by atoms with Gasteiger partial charge in [0.25, 0.3) is 0 Å². The number of amides is 1. The summed E-state index contributed by atoms with van der Waals surface area (Å²) in [5.41, 5.74) is 1.10. The fraction of sp³-hybridized carbons (Fsp3) is 0.550. The van der Waals surface area contributed by atoms with Crippen molar-refractivity contribution in [3.8, 4) is 11.5 Å². The summed E-state index contributed by atoms with van der Waals surface area (Å²) in [5, 5.41) is 12.2. The Morgan fingerprint density at radius 3 is 2.79 bits per heavy atom. The Bertz CT molecular complexity index is 803. The van der Waals surface area contributed by atoms with E-state index in [0.29, 0.717) is 34.3 Å².